The first-order valence-electron chi connectivity index (χ1n) is 5.11. The number of hydrogen-bond donors (Lipinski definition) is 0. The van der Waals surface area contributed by atoms with E-state index in [1.165, 1.54) is 20.8 Å². The predicted molar refractivity (Wildman–Crippen MR) is 70.9 cm³/mol. The molecule has 0 radical (unpaired) electrons. The van der Waals surface area contributed by atoms with Crippen LogP contribution in [-0.4, -0.2) is 36.7 Å². The first-order valence-corrected chi connectivity index (χ1v) is 6.36. The van der Waals surface area contributed by atoms with E-state index in [9.17, 15) is 14.4 Å². The van der Waals surface area contributed by atoms with Crippen LogP contribution in [0.25, 0.3) is 0 Å². The van der Waals surface area contributed by atoms with Crippen molar-refractivity contribution in [1.29, 1.82) is 0 Å². The molecule has 0 aromatic rings. The summed E-state index contributed by atoms with van der Waals surface area (Å²) in [5.74, 6) is -1.58. The van der Waals surface area contributed by atoms with Gasteiger partial charge in [-0.1, -0.05) is 22.6 Å². The lowest BCUT2D eigenvalue weighted by Crippen LogP contribution is -2.37. The molecule has 0 aliphatic heterocycles. The molecule has 18 heavy (non-hydrogen) atoms. The summed E-state index contributed by atoms with van der Waals surface area (Å²) in [7, 11) is 0. The van der Waals surface area contributed by atoms with E-state index in [-0.39, 0.29) is 6.61 Å². The van der Waals surface area contributed by atoms with Gasteiger partial charge in [-0.25, -0.2) is 0 Å². The van der Waals surface area contributed by atoms with E-state index in [2.05, 4.69) is 0 Å². The zero-order valence-corrected chi connectivity index (χ0v) is 12.5. The maximum atomic E-state index is 11.0. The Labute approximate surface area is 119 Å². The molecular formula is C11H15IO6. The minimum absolute atomic E-state index is 0.173. The van der Waals surface area contributed by atoms with Gasteiger partial charge in [0.2, 0.25) is 0 Å². The Balaban J connectivity index is 4.77. The number of esters is 3. The molecule has 2 atom stereocenters. The Bertz CT molecular complexity index is 338. The molecule has 0 spiro atoms. The van der Waals surface area contributed by atoms with Gasteiger partial charge >= 0.3 is 17.9 Å². The number of carbonyl (C=O) groups is 3. The molecule has 7 heteroatoms. The van der Waals surface area contributed by atoms with Gasteiger partial charge in [-0.15, -0.1) is 0 Å². The maximum absolute atomic E-state index is 11.0. The summed E-state index contributed by atoms with van der Waals surface area (Å²) >= 11 is 1.94. The number of hydrogen-bond acceptors (Lipinski definition) is 6. The largest absolute Gasteiger partial charge is 0.462 e. The van der Waals surface area contributed by atoms with Crippen LogP contribution in [0.15, 0.2) is 10.2 Å². The van der Waals surface area contributed by atoms with Crippen LogP contribution in [0, 0.1) is 0 Å². The topological polar surface area (TPSA) is 78.9 Å². The summed E-state index contributed by atoms with van der Waals surface area (Å²) in [6.45, 7) is 3.53. The van der Waals surface area contributed by atoms with Crippen LogP contribution in [0.1, 0.15) is 20.8 Å². The normalized spacial score (nSPS) is 13.8. The third kappa shape index (κ3) is 8.04. The van der Waals surface area contributed by atoms with Crippen molar-refractivity contribution in [2.45, 2.75) is 33.0 Å². The minimum Gasteiger partial charge on any atom is -0.462 e. The highest BCUT2D eigenvalue weighted by Gasteiger charge is 2.26. The molecule has 0 unspecified atom stereocenters. The van der Waals surface area contributed by atoms with Gasteiger partial charge < -0.3 is 14.2 Å². The van der Waals surface area contributed by atoms with E-state index in [0.29, 0.717) is 0 Å². The van der Waals surface area contributed by atoms with Crippen molar-refractivity contribution in [1.82, 2.24) is 0 Å². The highest BCUT2D eigenvalue weighted by atomic mass is 127. The molecule has 0 aromatic carbocycles. The van der Waals surface area contributed by atoms with Crippen molar-refractivity contribution >= 4 is 40.5 Å². The highest BCUT2D eigenvalue weighted by Crippen LogP contribution is 2.10. The Morgan fingerprint density at radius 2 is 1.61 bits per heavy atom. The monoisotopic (exact) mass is 370 g/mol. The second-order valence-electron chi connectivity index (χ2n) is 3.34. The van der Waals surface area contributed by atoms with Crippen molar-refractivity contribution < 1.29 is 28.6 Å². The smallest absolute Gasteiger partial charge is 0.303 e. The molecule has 0 aromatic heterocycles. The van der Waals surface area contributed by atoms with Gasteiger partial charge in [-0.2, -0.15) is 0 Å². The zero-order chi connectivity index (χ0) is 14.1. The summed E-state index contributed by atoms with van der Waals surface area (Å²) < 4.78 is 16.3. The van der Waals surface area contributed by atoms with Gasteiger partial charge in [-0.05, 0) is 10.2 Å². The van der Waals surface area contributed by atoms with E-state index in [4.69, 9.17) is 14.2 Å². The molecule has 6 nitrogen and oxygen atoms in total. The van der Waals surface area contributed by atoms with Crippen molar-refractivity contribution in [2.24, 2.45) is 0 Å². The van der Waals surface area contributed by atoms with Crippen molar-refractivity contribution in [3.63, 3.8) is 0 Å². The average Bonchev–Trinajstić information content (AvgIpc) is 2.22. The van der Waals surface area contributed by atoms with E-state index >= 15 is 0 Å². The van der Waals surface area contributed by atoms with Gasteiger partial charge in [0, 0.05) is 20.8 Å². The van der Waals surface area contributed by atoms with Crippen LogP contribution in [-0.2, 0) is 28.6 Å². The van der Waals surface area contributed by atoms with Crippen molar-refractivity contribution in [3.05, 3.63) is 10.2 Å². The van der Waals surface area contributed by atoms with Crippen molar-refractivity contribution in [2.75, 3.05) is 6.61 Å². The number of carbonyl (C=O) groups excluding carboxylic acids is 3. The average molecular weight is 370 g/mol. The van der Waals surface area contributed by atoms with Crippen LogP contribution < -0.4 is 0 Å². The van der Waals surface area contributed by atoms with Crippen LogP contribution in [0.3, 0.4) is 0 Å². The van der Waals surface area contributed by atoms with Gasteiger partial charge in [0.1, 0.15) is 6.61 Å². The lowest BCUT2D eigenvalue weighted by atomic mass is 10.2. The fourth-order valence-corrected chi connectivity index (χ4v) is 1.52. The highest BCUT2D eigenvalue weighted by molar-refractivity contribution is 14.1. The predicted octanol–water partition coefficient (Wildman–Crippen LogP) is 1.36. The number of ether oxygens (including phenoxy) is 3. The molecule has 0 aliphatic carbocycles. The fraction of sp³-hybridized carbons (Fsp3) is 0.545. The van der Waals surface area contributed by atoms with Gasteiger partial charge in [-0.3, -0.25) is 14.4 Å². The summed E-state index contributed by atoms with van der Waals surface area (Å²) in [4.78, 5) is 32.7. The summed E-state index contributed by atoms with van der Waals surface area (Å²) in [6.07, 6.45) is -0.108. The van der Waals surface area contributed by atoms with Gasteiger partial charge in [0.15, 0.2) is 12.2 Å². The molecule has 102 valence electrons. The van der Waals surface area contributed by atoms with Gasteiger partial charge in [0.25, 0.3) is 0 Å². The Morgan fingerprint density at radius 1 is 1.06 bits per heavy atom. The molecule has 0 bridgehead atoms. The lowest BCUT2D eigenvalue weighted by molar-refractivity contribution is -0.169. The van der Waals surface area contributed by atoms with Crippen LogP contribution >= 0.6 is 22.6 Å². The number of halogens is 1. The first kappa shape index (κ1) is 16.9. The molecular weight excluding hydrogens is 355 g/mol. The van der Waals surface area contributed by atoms with Gasteiger partial charge in [0.05, 0.1) is 0 Å². The molecule has 0 amide bonds. The van der Waals surface area contributed by atoms with Crippen LogP contribution in [0.2, 0.25) is 0 Å². The molecule has 0 fully saturated rings. The SMILES string of the molecule is CC(=O)OC[C@@H](OC(C)=O)[C@H](/C=C/I)OC(C)=O. The summed E-state index contributed by atoms with van der Waals surface area (Å²) in [5, 5.41) is 0. The van der Waals surface area contributed by atoms with E-state index < -0.39 is 30.1 Å². The summed E-state index contributed by atoms with van der Waals surface area (Å²) in [6, 6.07) is 0. The Kier molecular flexibility index (Phi) is 8.34. The second-order valence-corrected chi connectivity index (χ2v) is 4.06. The number of rotatable bonds is 6. The van der Waals surface area contributed by atoms with Crippen LogP contribution in [0.4, 0.5) is 0 Å². The van der Waals surface area contributed by atoms with E-state index in [0.717, 1.165) is 0 Å². The maximum Gasteiger partial charge on any atom is 0.303 e. The molecule has 0 saturated heterocycles. The quantitative estimate of drug-likeness (QED) is 0.399. The second kappa shape index (κ2) is 8.90. The molecule has 0 aliphatic rings. The first-order chi connectivity index (χ1) is 8.36. The molecule has 0 N–H and O–H groups in total. The lowest BCUT2D eigenvalue weighted by Gasteiger charge is -2.23. The third-order valence-corrected chi connectivity index (χ3v) is 2.11. The zero-order valence-electron chi connectivity index (χ0n) is 10.3. The summed E-state index contributed by atoms with van der Waals surface area (Å²) in [5.41, 5.74) is 0. The standard InChI is InChI=1S/C11H15IO6/c1-7(13)16-6-11(18-9(3)15)10(4-5-12)17-8(2)14/h4-5,10-11H,6H2,1-3H3/b5-4+/t10-,11+/m0/s1. The molecule has 0 heterocycles. The Hall–Kier alpha value is -1.12. The molecule has 0 saturated carbocycles. The Morgan fingerprint density at radius 3 is 2.00 bits per heavy atom. The van der Waals surface area contributed by atoms with E-state index in [1.54, 1.807) is 10.2 Å². The third-order valence-electron chi connectivity index (χ3n) is 1.70. The van der Waals surface area contributed by atoms with Crippen molar-refractivity contribution in [3.8, 4) is 0 Å². The fourth-order valence-electron chi connectivity index (χ4n) is 1.11. The van der Waals surface area contributed by atoms with E-state index in [1.807, 2.05) is 22.6 Å². The van der Waals surface area contributed by atoms with Crippen LogP contribution in [0.5, 0.6) is 0 Å². The molecule has 0 rings (SSSR count). The minimum atomic E-state index is -0.860.